The maximum Gasteiger partial charge on any atom is 0.296 e. The minimum absolute atomic E-state index is 0.134. The number of rotatable bonds is 4. The van der Waals surface area contributed by atoms with Crippen molar-refractivity contribution in [3.63, 3.8) is 0 Å². The van der Waals surface area contributed by atoms with E-state index in [1.165, 1.54) is 0 Å². The molecule has 0 saturated heterocycles. The van der Waals surface area contributed by atoms with Crippen LogP contribution in [0.1, 0.15) is 12.0 Å². The zero-order chi connectivity index (χ0) is 13.0. The molecule has 0 aliphatic heterocycles. The van der Waals surface area contributed by atoms with E-state index >= 15 is 0 Å². The quantitative estimate of drug-likeness (QED) is 0.785. The molecule has 4 heteroatoms. The van der Waals surface area contributed by atoms with Gasteiger partial charge in [-0.15, -0.1) is 0 Å². The lowest BCUT2D eigenvalue weighted by Crippen LogP contribution is -2.13. The second-order valence-electron chi connectivity index (χ2n) is 4.36. The molecule has 0 saturated carbocycles. The van der Waals surface area contributed by atoms with Crippen LogP contribution >= 0.6 is 0 Å². The lowest BCUT2D eigenvalue weighted by atomic mass is 10.0. The molecule has 0 fully saturated rings. The first-order chi connectivity index (χ1) is 8.58. The molecule has 3 nitrogen and oxygen atoms in total. The molecule has 96 valence electrons. The summed E-state index contributed by atoms with van der Waals surface area (Å²) >= 11 is 0. The van der Waals surface area contributed by atoms with Crippen molar-refractivity contribution < 1.29 is 12.6 Å². The third-order valence-corrected chi connectivity index (χ3v) is 4.11. The van der Waals surface area contributed by atoms with E-state index < -0.39 is 10.1 Å². The summed E-state index contributed by atoms with van der Waals surface area (Å²) in [4.78, 5) is 0.212. The van der Waals surface area contributed by atoms with Crippen molar-refractivity contribution in [2.45, 2.75) is 18.2 Å². The van der Waals surface area contributed by atoms with Crippen LogP contribution < -0.4 is 0 Å². The predicted molar refractivity (Wildman–Crippen MR) is 70.7 cm³/mol. The third-order valence-electron chi connectivity index (χ3n) is 2.82. The number of hydrogen-bond acceptors (Lipinski definition) is 3. The summed E-state index contributed by atoms with van der Waals surface area (Å²) in [6.07, 6.45) is 8.65. The van der Waals surface area contributed by atoms with Crippen LogP contribution in [-0.4, -0.2) is 15.0 Å². The van der Waals surface area contributed by atoms with Crippen molar-refractivity contribution in [2.24, 2.45) is 5.92 Å². The van der Waals surface area contributed by atoms with Gasteiger partial charge in [0, 0.05) is 5.92 Å². The fourth-order valence-electron chi connectivity index (χ4n) is 1.71. The van der Waals surface area contributed by atoms with E-state index in [-0.39, 0.29) is 17.4 Å². The summed E-state index contributed by atoms with van der Waals surface area (Å²) in [6, 6.07) is 6.67. The largest absolute Gasteiger partial charge is 0.296 e. The van der Waals surface area contributed by atoms with E-state index in [9.17, 15) is 8.42 Å². The Hall–Kier alpha value is -1.39. The van der Waals surface area contributed by atoms with Gasteiger partial charge in [-0.3, -0.25) is 4.18 Å². The summed E-state index contributed by atoms with van der Waals surface area (Å²) in [5.41, 5.74) is 1.02. The van der Waals surface area contributed by atoms with Gasteiger partial charge in [0.15, 0.2) is 0 Å². The molecule has 1 atom stereocenters. The summed E-state index contributed by atoms with van der Waals surface area (Å²) < 4.78 is 28.9. The molecule has 1 unspecified atom stereocenters. The Morgan fingerprint density at radius 1 is 1.22 bits per heavy atom. The average molecular weight is 264 g/mol. The minimum atomic E-state index is -3.63. The van der Waals surface area contributed by atoms with Crippen LogP contribution in [0.3, 0.4) is 0 Å². The van der Waals surface area contributed by atoms with Crippen LogP contribution in [0.5, 0.6) is 0 Å². The van der Waals surface area contributed by atoms with Crippen molar-refractivity contribution >= 4 is 10.1 Å². The van der Waals surface area contributed by atoms with Gasteiger partial charge in [-0.05, 0) is 25.5 Å². The lowest BCUT2D eigenvalue weighted by molar-refractivity contribution is 0.280. The number of benzene rings is 1. The van der Waals surface area contributed by atoms with Crippen molar-refractivity contribution in [1.82, 2.24) is 0 Å². The molecular formula is C14H16O3S. The Labute approximate surface area is 108 Å². The van der Waals surface area contributed by atoms with E-state index in [4.69, 9.17) is 4.18 Å². The van der Waals surface area contributed by atoms with E-state index in [0.717, 1.165) is 12.0 Å². The average Bonchev–Trinajstić information content (AvgIpc) is 2.38. The van der Waals surface area contributed by atoms with Crippen LogP contribution in [0.2, 0.25) is 0 Å². The molecular weight excluding hydrogens is 248 g/mol. The zero-order valence-corrected chi connectivity index (χ0v) is 11.1. The molecule has 0 amide bonds. The fourth-order valence-corrected chi connectivity index (χ4v) is 2.66. The molecule has 0 heterocycles. The van der Waals surface area contributed by atoms with E-state index in [1.807, 2.05) is 31.2 Å². The molecule has 0 N–H and O–H groups in total. The Balaban J connectivity index is 2.01. The highest BCUT2D eigenvalue weighted by Gasteiger charge is 2.17. The molecule has 2 rings (SSSR count). The molecule has 1 aliphatic rings. The van der Waals surface area contributed by atoms with Crippen LogP contribution in [0.25, 0.3) is 0 Å². The first-order valence-corrected chi connectivity index (χ1v) is 7.28. The number of aryl methyl sites for hydroxylation is 1. The van der Waals surface area contributed by atoms with Gasteiger partial charge >= 0.3 is 0 Å². The van der Waals surface area contributed by atoms with Gasteiger partial charge in [-0.1, -0.05) is 42.0 Å². The summed E-state index contributed by atoms with van der Waals surface area (Å²) in [6.45, 7) is 2.10. The van der Waals surface area contributed by atoms with Gasteiger partial charge in [0.05, 0.1) is 11.5 Å². The van der Waals surface area contributed by atoms with Gasteiger partial charge in [0.25, 0.3) is 10.1 Å². The van der Waals surface area contributed by atoms with Crippen LogP contribution in [0, 0.1) is 12.8 Å². The van der Waals surface area contributed by atoms with Crippen molar-refractivity contribution in [3.8, 4) is 0 Å². The Morgan fingerprint density at radius 3 is 2.56 bits per heavy atom. The highest BCUT2D eigenvalue weighted by molar-refractivity contribution is 7.86. The highest BCUT2D eigenvalue weighted by atomic mass is 32.2. The van der Waals surface area contributed by atoms with Crippen LogP contribution in [0.15, 0.2) is 53.5 Å². The standard InChI is InChI=1S/C14H16O3S/c1-12-7-9-14(10-8-12)18(15,16)17-11-13-5-3-2-4-6-13/h2-5,7-10,13H,6,11H2,1H3. The molecule has 0 bridgehead atoms. The Kier molecular flexibility index (Phi) is 3.99. The van der Waals surface area contributed by atoms with Gasteiger partial charge in [-0.2, -0.15) is 8.42 Å². The SMILES string of the molecule is Cc1ccc(S(=O)(=O)OCC2C=CC=CC2)cc1. The van der Waals surface area contributed by atoms with E-state index in [0.29, 0.717) is 0 Å². The maximum atomic E-state index is 11.9. The summed E-state index contributed by atoms with van der Waals surface area (Å²) in [5.74, 6) is 0.134. The van der Waals surface area contributed by atoms with E-state index in [2.05, 4.69) is 0 Å². The normalized spacial score (nSPS) is 19.1. The first-order valence-electron chi connectivity index (χ1n) is 5.87. The van der Waals surface area contributed by atoms with Gasteiger partial charge in [0.1, 0.15) is 0 Å². The highest BCUT2D eigenvalue weighted by Crippen LogP contribution is 2.17. The number of allylic oxidation sites excluding steroid dienone is 3. The second-order valence-corrected chi connectivity index (χ2v) is 5.98. The zero-order valence-electron chi connectivity index (χ0n) is 10.2. The summed E-state index contributed by atoms with van der Waals surface area (Å²) in [7, 11) is -3.63. The smallest absolute Gasteiger partial charge is 0.266 e. The van der Waals surface area contributed by atoms with Gasteiger partial charge in [-0.25, -0.2) is 0 Å². The van der Waals surface area contributed by atoms with Crippen molar-refractivity contribution in [2.75, 3.05) is 6.61 Å². The van der Waals surface area contributed by atoms with Crippen LogP contribution in [-0.2, 0) is 14.3 Å². The van der Waals surface area contributed by atoms with Gasteiger partial charge in [0.2, 0.25) is 0 Å². The minimum Gasteiger partial charge on any atom is -0.266 e. The molecule has 0 radical (unpaired) electrons. The molecule has 1 aromatic carbocycles. The molecule has 18 heavy (non-hydrogen) atoms. The molecule has 0 aromatic heterocycles. The van der Waals surface area contributed by atoms with E-state index in [1.54, 1.807) is 24.3 Å². The van der Waals surface area contributed by atoms with Gasteiger partial charge < -0.3 is 0 Å². The second kappa shape index (κ2) is 5.50. The lowest BCUT2D eigenvalue weighted by Gasteiger charge is -2.13. The van der Waals surface area contributed by atoms with Crippen molar-refractivity contribution in [3.05, 3.63) is 54.1 Å². The Morgan fingerprint density at radius 2 is 1.94 bits per heavy atom. The maximum absolute atomic E-state index is 11.9. The molecule has 1 aliphatic carbocycles. The Bertz CT molecular complexity index is 553. The molecule has 0 spiro atoms. The van der Waals surface area contributed by atoms with Crippen molar-refractivity contribution in [1.29, 1.82) is 0 Å². The first kappa shape index (κ1) is 13.1. The third kappa shape index (κ3) is 3.31. The monoisotopic (exact) mass is 264 g/mol. The summed E-state index contributed by atoms with van der Waals surface area (Å²) in [5, 5.41) is 0. The molecule has 1 aromatic rings. The number of hydrogen-bond donors (Lipinski definition) is 0. The predicted octanol–water partition coefficient (Wildman–Crippen LogP) is 2.83. The fraction of sp³-hybridized carbons (Fsp3) is 0.286. The van der Waals surface area contributed by atoms with Crippen LogP contribution in [0.4, 0.5) is 0 Å². The topological polar surface area (TPSA) is 43.4 Å².